The van der Waals surface area contributed by atoms with E-state index in [-0.39, 0.29) is 6.04 Å². The average Bonchev–Trinajstić information content (AvgIpc) is 2.17. The molecule has 1 aromatic rings. The van der Waals surface area contributed by atoms with Crippen molar-refractivity contribution < 1.29 is 13.9 Å². The summed E-state index contributed by atoms with van der Waals surface area (Å²) >= 11 is 0. The van der Waals surface area contributed by atoms with Crippen molar-refractivity contribution in [3.05, 3.63) is 29.6 Å². The van der Waals surface area contributed by atoms with Gasteiger partial charge in [0.05, 0.1) is 0 Å². The van der Waals surface area contributed by atoms with Gasteiger partial charge < -0.3 is 10.5 Å². The Kier molecular flexibility index (Phi) is 4.29. The molecule has 5 heteroatoms. The molecule has 4 nitrogen and oxygen atoms in total. The summed E-state index contributed by atoms with van der Waals surface area (Å²) in [5.74, 6) is -0.392. The minimum Gasteiger partial charge on any atom is -0.444 e. The van der Waals surface area contributed by atoms with Crippen LogP contribution in [-0.2, 0) is 4.74 Å². The van der Waals surface area contributed by atoms with Gasteiger partial charge >= 0.3 is 6.09 Å². The number of ether oxygens (including phenoxy) is 1. The van der Waals surface area contributed by atoms with Crippen LogP contribution in [0.2, 0.25) is 0 Å². The number of carbonyl (C=O) groups is 1. The van der Waals surface area contributed by atoms with Crippen LogP contribution in [0.25, 0.3) is 0 Å². The number of nitrogens with two attached hydrogens (primary N) is 1. The molecule has 1 aromatic carbocycles. The number of hydrogen-bond donors (Lipinski definition) is 2. The smallest absolute Gasteiger partial charge is 0.412 e. The molecule has 1 unspecified atom stereocenters. The molecule has 1 atom stereocenters. The highest BCUT2D eigenvalue weighted by atomic mass is 19.1. The van der Waals surface area contributed by atoms with Gasteiger partial charge in [-0.15, -0.1) is 0 Å². The van der Waals surface area contributed by atoms with E-state index < -0.39 is 17.5 Å². The lowest BCUT2D eigenvalue weighted by Gasteiger charge is -2.21. The molecule has 100 valence electrons. The van der Waals surface area contributed by atoms with E-state index in [1.807, 2.05) is 0 Å². The molecule has 18 heavy (non-hydrogen) atoms. The molecule has 1 rings (SSSR count). The van der Waals surface area contributed by atoms with Gasteiger partial charge in [0.15, 0.2) is 0 Å². The zero-order valence-electron chi connectivity index (χ0n) is 11.1. The second kappa shape index (κ2) is 5.35. The Morgan fingerprint density at radius 2 is 2.06 bits per heavy atom. The number of amides is 1. The Labute approximate surface area is 106 Å². The van der Waals surface area contributed by atoms with E-state index in [1.54, 1.807) is 27.7 Å². The first-order valence-electron chi connectivity index (χ1n) is 5.74. The van der Waals surface area contributed by atoms with E-state index in [1.165, 1.54) is 18.2 Å². The summed E-state index contributed by atoms with van der Waals surface area (Å²) in [6, 6.07) is 3.65. The van der Waals surface area contributed by atoms with Crippen LogP contribution < -0.4 is 11.1 Å². The fourth-order valence-electron chi connectivity index (χ4n) is 1.44. The molecule has 0 saturated carbocycles. The number of hydrogen-bond acceptors (Lipinski definition) is 3. The van der Waals surface area contributed by atoms with Crippen molar-refractivity contribution in [2.24, 2.45) is 5.73 Å². The van der Waals surface area contributed by atoms with E-state index in [9.17, 15) is 9.18 Å². The summed E-state index contributed by atoms with van der Waals surface area (Å²) in [6.45, 7) is 7.02. The summed E-state index contributed by atoms with van der Waals surface area (Å²) in [4.78, 5) is 11.6. The van der Waals surface area contributed by atoms with Gasteiger partial charge in [-0.1, -0.05) is 0 Å². The monoisotopic (exact) mass is 254 g/mol. The number of halogens is 1. The predicted molar refractivity (Wildman–Crippen MR) is 68.9 cm³/mol. The van der Waals surface area contributed by atoms with Crippen LogP contribution in [0.4, 0.5) is 14.9 Å². The molecule has 0 radical (unpaired) electrons. The van der Waals surface area contributed by atoms with Crippen molar-refractivity contribution in [2.45, 2.75) is 39.3 Å². The third-order valence-corrected chi connectivity index (χ3v) is 2.14. The molecule has 0 spiro atoms. The standard InChI is InChI=1S/C13H19FN2O2/c1-8(15)10-7-9(14)5-6-11(10)16-12(17)18-13(2,3)4/h5-8H,15H2,1-4H3,(H,16,17). The van der Waals surface area contributed by atoms with Gasteiger partial charge in [-0.25, -0.2) is 9.18 Å². The zero-order valence-corrected chi connectivity index (χ0v) is 11.1. The average molecular weight is 254 g/mol. The molecule has 0 heterocycles. The second-order valence-electron chi connectivity index (χ2n) is 5.15. The first-order chi connectivity index (χ1) is 8.19. The van der Waals surface area contributed by atoms with Gasteiger partial charge in [-0.3, -0.25) is 5.32 Å². The second-order valence-corrected chi connectivity index (χ2v) is 5.15. The summed E-state index contributed by atoms with van der Waals surface area (Å²) in [5.41, 5.74) is 6.13. The molecule has 0 aromatic heterocycles. The van der Waals surface area contributed by atoms with E-state index in [0.717, 1.165) is 0 Å². The van der Waals surface area contributed by atoms with E-state index in [2.05, 4.69) is 5.32 Å². The van der Waals surface area contributed by atoms with Crippen LogP contribution in [0, 0.1) is 5.82 Å². The molecule has 0 saturated heterocycles. The topological polar surface area (TPSA) is 64.3 Å². The van der Waals surface area contributed by atoms with Crippen molar-refractivity contribution in [1.82, 2.24) is 0 Å². The van der Waals surface area contributed by atoms with Crippen molar-refractivity contribution in [1.29, 1.82) is 0 Å². The summed E-state index contributed by atoms with van der Waals surface area (Å²) in [6.07, 6.45) is -0.587. The first-order valence-corrected chi connectivity index (χ1v) is 5.74. The molecule has 0 bridgehead atoms. The highest BCUT2D eigenvalue weighted by molar-refractivity contribution is 5.86. The number of benzene rings is 1. The zero-order chi connectivity index (χ0) is 13.9. The largest absolute Gasteiger partial charge is 0.444 e. The van der Waals surface area contributed by atoms with E-state index in [0.29, 0.717) is 11.3 Å². The van der Waals surface area contributed by atoms with Crippen molar-refractivity contribution in [3.63, 3.8) is 0 Å². The maximum atomic E-state index is 13.1. The van der Waals surface area contributed by atoms with Crippen molar-refractivity contribution >= 4 is 11.8 Å². The SMILES string of the molecule is CC(N)c1cc(F)ccc1NC(=O)OC(C)(C)C. The Balaban J connectivity index is 2.88. The lowest BCUT2D eigenvalue weighted by atomic mass is 10.1. The van der Waals surface area contributed by atoms with Crippen molar-refractivity contribution in [2.75, 3.05) is 5.32 Å². The minimum absolute atomic E-state index is 0.384. The van der Waals surface area contributed by atoms with Crippen LogP contribution in [0.3, 0.4) is 0 Å². The van der Waals surface area contributed by atoms with Crippen LogP contribution in [0.15, 0.2) is 18.2 Å². The maximum Gasteiger partial charge on any atom is 0.412 e. The van der Waals surface area contributed by atoms with E-state index in [4.69, 9.17) is 10.5 Å². The van der Waals surface area contributed by atoms with Gasteiger partial charge in [0.2, 0.25) is 0 Å². The van der Waals surface area contributed by atoms with Crippen LogP contribution >= 0.6 is 0 Å². The number of rotatable bonds is 2. The van der Waals surface area contributed by atoms with Crippen LogP contribution in [0.1, 0.15) is 39.3 Å². The van der Waals surface area contributed by atoms with Gasteiger partial charge in [-0.05, 0) is 51.5 Å². The summed E-state index contributed by atoms with van der Waals surface area (Å²) in [5, 5.41) is 2.57. The Hall–Kier alpha value is -1.62. The third kappa shape index (κ3) is 4.33. The molecule has 0 aliphatic rings. The number of carbonyl (C=O) groups excluding carboxylic acids is 1. The molecule has 0 fully saturated rings. The number of anilines is 1. The minimum atomic E-state index is -0.587. The Bertz CT molecular complexity index is 439. The van der Waals surface area contributed by atoms with Crippen molar-refractivity contribution in [3.8, 4) is 0 Å². The normalized spacial score (nSPS) is 13.0. The van der Waals surface area contributed by atoms with E-state index >= 15 is 0 Å². The molecule has 0 aliphatic heterocycles. The lowest BCUT2D eigenvalue weighted by Crippen LogP contribution is -2.27. The highest BCUT2D eigenvalue weighted by Gasteiger charge is 2.18. The molecule has 1 amide bonds. The fraction of sp³-hybridized carbons (Fsp3) is 0.462. The molecular formula is C13H19FN2O2. The fourth-order valence-corrected chi connectivity index (χ4v) is 1.44. The van der Waals surface area contributed by atoms with Gasteiger partial charge in [0.25, 0.3) is 0 Å². The van der Waals surface area contributed by atoms with Gasteiger partial charge in [-0.2, -0.15) is 0 Å². The molecular weight excluding hydrogens is 235 g/mol. The molecule has 3 N–H and O–H groups in total. The summed E-state index contributed by atoms with van der Waals surface area (Å²) < 4.78 is 18.2. The third-order valence-electron chi connectivity index (χ3n) is 2.14. The van der Waals surface area contributed by atoms with Crippen LogP contribution in [-0.4, -0.2) is 11.7 Å². The summed E-state index contributed by atoms with van der Waals surface area (Å²) in [7, 11) is 0. The molecule has 0 aliphatic carbocycles. The maximum absolute atomic E-state index is 13.1. The lowest BCUT2D eigenvalue weighted by molar-refractivity contribution is 0.0635. The Morgan fingerprint density at radius 1 is 1.44 bits per heavy atom. The quantitative estimate of drug-likeness (QED) is 0.851. The van der Waals surface area contributed by atoms with Gasteiger partial charge in [0, 0.05) is 11.7 Å². The predicted octanol–water partition coefficient (Wildman–Crippen LogP) is 3.19. The van der Waals surface area contributed by atoms with Crippen LogP contribution in [0.5, 0.6) is 0 Å². The first kappa shape index (κ1) is 14.4. The Morgan fingerprint density at radius 3 is 2.56 bits per heavy atom. The number of nitrogens with one attached hydrogen (secondary N) is 1. The van der Waals surface area contributed by atoms with Gasteiger partial charge in [0.1, 0.15) is 11.4 Å². The highest BCUT2D eigenvalue weighted by Crippen LogP contribution is 2.23.